The van der Waals surface area contributed by atoms with Gasteiger partial charge >= 0.3 is 6.18 Å². The summed E-state index contributed by atoms with van der Waals surface area (Å²) in [6.07, 6.45) is -2.83. The van der Waals surface area contributed by atoms with E-state index < -0.39 is 29.6 Å². The van der Waals surface area contributed by atoms with Gasteiger partial charge in [0.2, 0.25) is 0 Å². The smallest absolute Gasteiger partial charge is 0.416 e. The Hall–Kier alpha value is -3.40. The van der Waals surface area contributed by atoms with Crippen LogP contribution in [0, 0.1) is 5.82 Å². The van der Waals surface area contributed by atoms with E-state index in [4.69, 9.17) is 4.74 Å². The fraction of sp³-hybridized carbons (Fsp3) is 0.273. The fourth-order valence-electron chi connectivity index (χ4n) is 3.02. The molecule has 1 N–H and O–H groups in total. The topological polar surface area (TPSA) is 67.6 Å². The number of carbonyl (C=O) groups is 1. The summed E-state index contributed by atoms with van der Waals surface area (Å²) < 4.78 is 59.0. The van der Waals surface area contributed by atoms with Crippen molar-refractivity contribution in [3.63, 3.8) is 0 Å². The standard InChI is InChI=1S/C22H21F4N3O3/c1-28-14-27-10-20(28)21(31)29(11-15-4-2-3-5-19(15)23)12-17(30)13-32-18-8-6-16(7-9-18)22(24,25)26/h2-10,14,17,30H,11-13H2,1H3. The van der Waals surface area contributed by atoms with Crippen LogP contribution in [0.2, 0.25) is 0 Å². The van der Waals surface area contributed by atoms with E-state index in [0.717, 1.165) is 24.3 Å². The highest BCUT2D eigenvalue weighted by molar-refractivity contribution is 5.92. The molecule has 0 fully saturated rings. The molecule has 0 aliphatic rings. The number of hydrogen-bond acceptors (Lipinski definition) is 4. The van der Waals surface area contributed by atoms with E-state index in [0.29, 0.717) is 0 Å². The SMILES string of the molecule is Cn1cncc1C(=O)N(Cc1ccccc1F)CC(O)COc1ccc(C(F)(F)F)cc1. The third-order valence-corrected chi connectivity index (χ3v) is 4.70. The minimum absolute atomic E-state index is 0.103. The van der Waals surface area contributed by atoms with E-state index in [1.807, 2.05) is 0 Å². The second kappa shape index (κ2) is 9.82. The zero-order valence-electron chi connectivity index (χ0n) is 17.1. The molecule has 3 rings (SSSR count). The fourth-order valence-corrected chi connectivity index (χ4v) is 3.02. The summed E-state index contributed by atoms with van der Waals surface area (Å²) >= 11 is 0. The Kier molecular flexibility index (Phi) is 7.14. The predicted molar refractivity (Wildman–Crippen MR) is 107 cm³/mol. The third kappa shape index (κ3) is 5.85. The van der Waals surface area contributed by atoms with Crippen molar-refractivity contribution in [2.75, 3.05) is 13.2 Å². The van der Waals surface area contributed by atoms with Crippen molar-refractivity contribution in [3.05, 3.63) is 83.7 Å². The van der Waals surface area contributed by atoms with Crippen molar-refractivity contribution in [3.8, 4) is 5.75 Å². The molecular formula is C22H21F4N3O3. The lowest BCUT2D eigenvalue weighted by Crippen LogP contribution is -2.40. The maximum atomic E-state index is 14.1. The largest absolute Gasteiger partial charge is 0.491 e. The van der Waals surface area contributed by atoms with Crippen molar-refractivity contribution in [2.24, 2.45) is 7.05 Å². The van der Waals surface area contributed by atoms with Gasteiger partial charge in [0, 0.05) is 19.2 Å². The molecule has 0 saturated heterocycles. The molecule has 3 aromatic rings. The van der Waals surface area contributed by atoms with Crippen molar-refractivity contribution in [1.29, 1.82) is 0 Å². The highest BCUT2D eigenvalue weighted by Gasteiger charge is 2.30. The van der Waals surface area contributed by atoms with E-state index >= 15 is 0 Å². The molecule has 1 heterocycles. The number of aryl methyl sites for hydroxylation is 1. The second-order valence-corrected chi connectivity index (χ2v) is 7.15. The van der Waals surface area contributed by atoms with Gasteiger partial charge in [0.05, 0.1) is 24.6 Å². The molecule has 1 unspecified atom stereocenters. The van der Waals surface area contributed by atoms with Gasteiger partial charge in [0.25, 0.3) is 5.91 Å². The number of alkyl halides is 3. The molecule has 10 heteroatoms. The van der Waals surface area contributed by atoms with Crippen molar-refractivity contribution in [2.45, 2.75) is 18.8 Å². The molecule has 1 amide bonds. The quantitative estimate of drug-likeness (QED) is 0.531. The number of rotatable bonds is 8. The number of benzene rings is 2. The van der Waals surface area contributed by atoms with Gasteiger partial charge in [-0.05, 0) is 30.3 Å². The summed E-state index contributed by atoms with van der Waals surface area (Å²) in [5.74, 6) is -0.830. The number of aliphatic hydroxyl groups is 1. The lowest BCUT2D eigenvalue weighted by molar-refractivity contribution is -0.137. The first-order valence-electron chi connectivity index (χ1n) is 9.62. The summed E-state index contributed by atoms with van der Waals surface area (Å²) in [5, 5.41) is 10.4. The number of carbonyl (C=O) groups excluding carboxylic acids is 1. The van der Waals surface area contributed by atoms with Crippen molar-refractivity contribution >= 4 is 5.91 Å². The Balaban J connectivity index is 1.69. The average molecular weight is 451 g/mol. The Bertz CT molecular complexity index is 1050. The summed E-state index contributed by atoms with van der Waals surface area (Å²) in [4.78, 5) is 18.1. The maximum absolute atomic E-state index is 14.1. The van der Waals surface area contributed by atoms with Crippen LogP contribution in [-0.2, 0) is 19.8 Å². The number of amides is 1. The van der Waals surface area contributed by atoms with E-state index in [1.54, 1.807) is 13.1 Å². The van der Waals surface area contributed by atoms with E-state index in [-0.39, 0.29) is 36.7 Å². The normalized spacial score (nSPS) is 12.4. The highest BCUT2D eigenvalue weighted by atomic mass is 19.4. The molecular weight excluding hydrogens is 430 g/mol. The summed E-state index contributed by atoms with van der Waals surface area (Å²) in [7, 11) is 1.63. The zero-order valence-corrected chi connectivity index (χ0v) is 17.1. The Labute approximate surface area is 181 Å². The van der Waals surface area contributed by atoms with Gasteiger partial charge in [-0.1, -0.05) is 18.2 Å². The number of hydrogen-bond donors (Lipinski definition) is 1. The van der Waals surface area contributed by atoms with Crippen LogP contribution in [0.1, 0.15) is 21.6 Å². The monoisotopic (exact) mass is 451 g/mol. The van der Waals surface area contributed by atoms with Gasteiger partial charge in [-0.2, -0.15) is 13.2 Å². The van der Waals surface area contributed by atoms with Crippen LogP contribution >= 0.6 is 0 Å². The maximum Gasteiger partial charge on any atom is 0.416 e. The molecule has 1 atom stereocenters. The van der Waals surface area contributed by atoms with Crippen LogP contribution < -0.4 is 4.74 Å². The predicted octanol–water partition coefficient (Wildman–Crippen LogP) is 3.66. The van der Waals surface area contributed by atoms with Crippen LogP contribution in [0.4, 0.5) is 17.6 Å². The lowest BCUT2D eigenvalue weighted by atomic mass is 10.1. The number of imidazole rings is 1. The molecule has 6 nitrogen and oxygen atoms in total. The molecule has 0 aliphatic heterocycles. The molecule has 0 spiro atoms. The van der Waals surface area contributed by atoms with Gasteiger partial charge in [-0.15, -0.1) is 0 Å². The average Bonchev–Trinajstić information content (AvgIpc) is 3.18. The molecule has 2 aromatic carbocycles. The van der Waals surface area contributed by atoms with Crippen LogP contribution in [0.3, 0.4) is 0 Å². The Morgan fingerprint density at radius 2 is 1.88 bits per heavy atom. The van der Waals surface area contributed by atoms with Gasteiger partial charge in [-0.25, -0.2) is 9.37 Å². The van der Waals surface area contributed by atoms with Gasteiger partial charge in [-0.3, -0.25) is 4.79 Å². The first-order chi connectivity index (χ1) is 15.1. The van der Waals surface area contributed by atoms with E-state index in [2.05, 4.69) is 4.98 Å². The van der Waals surface area contributed by atoms with Crippen LogP contribution in [-0.4, -0.2) is 44.7 Å². The molecule has 170 valence electrons. The van der Waals surface area contributed by atoms with Gasteiger partial charge < -0.3 is 19.3 Å². The minimum Gasteiger partial charge on any atom is -0.491 e. The number of ether oxygens (including phenoxy) is 1. The lowest BCUT2D eigenvalue weighted by Gasteiger charge is -2.26. The first-order valence-corrected chi connectivity index (χ1v) is 9.62. The third-order valence-electron chi connectivity index (χ3n) is 4.70. The zero-order chi connectivity index (χ0) is 23.3. The van der Waals surface area contributed by atoms with E-state index in [9.17, 15) is 27.5 Å². The Morgan fingerprint density at radius 3 is 2.47 bits per heavy atom. The second-order valence-electron chi connectivity index (χ2n) is 7.15. The van der Waals surface area contributed by atoms with E-state index in [1.165, 1.54) is 40.2 Å². The first kappa shape index (κ1) is 23.3. The molecule has 0 aliphatic carbocycles. The molecule has 32 heavy (non-hydrogen) atoms. The molecule has 0 saturated carbocycles. The Morgan fingerprint density at radius 1 is 1.19 bits per heavy atom. The van der Waals surface area contributed by atoms with Gasteiger partial charge in [0.15, 0.2) is 0 Å². The van der Waals surface area contributed by atoms with Crippen molar-refractivity contribution < 1.29 is 32.2 Å². The van der Waals surface area contributed by atoms with Crippen molar-refractivity contribution in [1.82, 2.24) is 14.5 Å². The number of halogens is 4. The number of aromatic nitrogens is 2. The molecule has 0 bridgehead atoms. The highest BCUT2D eigenvalue weighted by Crippen LogP contribution is 2.30. The van der Waals surface area contributed by atoms with Crippen LogP contribution in [0.5, 0.6) is 5.75 Å². The van der Waals surface area contributed by atoms with Crippen LogP contribution in [0.25, 0.3) is 0 Å². The summed E-state index contributed by atoms with van der Waals surface area (Å²) in [6, 6.07) is 10.0. The van der Waals surface area contributed by atoms with Gasteiger partial charge in [0.1, 0.15) is 30.0 Å². The number of nitrogens with zero attached hydrogens (tertiary/aromatic N) is 3. The molecule has 0 radical (unpaired) electrons. The summed E-state index contributed by atoms with van der Waals surface area (Å²) in [5.41, 5.74) is -0.306. The minimum atomic E-state index is -4.46. The summed E-state index contributed by atoms with van der Waals surface area (Å²) in [6.45, 7) is -0.579. The number of aliphatic hydroxyl groups excluding tert-OH is 1. The molecule has 1 aromatic heterocycles. The van der Waals surface area contributed by atoms with Crippen LogP contribution in [0.15, 0.2) is 61.1 Å².